The van der Waals surface area contributed by atoms with Gasteiger partial charge in [-0.1, -0.05) is 13.8 Å². The Morgan fingerprint density at radius 2 is 2.24 bits per heavy atom. The zero-order chi connectivity index (χ0) is 12.4. The van der Waals surface area contributed by atoms with E-state index in [9.17, 15) is 0 Å². The van der Waals surface area contributed by atoms with E-state index in [-0.39, 0.29) is 0 Å². The van der Waals surface area contributed by atoms with Crippen molar-refractivity contribution in [1.29, 1.82) is 0 Å². The maximum Gasteiger partial charge on any atom is 0.239 e. The van der Waals surface area contributed by atoms with Crippen LogP contribution in [0.15, 0.2) is 6.07 Å². The van der Waals surface area contributed by atoms with Gasteiger partial charge in [-0.05, 0) is 25.7 Å². The summed E-state index contributed by atoms with van der Waals surface area (Å²) < 4.78 is 0. The molecule has 0 aliphatic carbocycles. The average molecular weight is 235 g/mol. The third kappa shape index (κ3) is 2.49. The second-order valence-electron chi connectivity index (χ2n) is 4.98. The number of hydrazine groups is 1. The van der Waals surface area contributed by atoms with Crippen molar-refractivity contribution in [3.05, 3.63) is 11.8 Å². The third-order valence-electron chi connectivity index (χ3n) is 3.33. The Labute approximate surface area is 102 Å². The van der Waals surface area contributed by atoms with Crippen molar-refractivity contribution in [3.63, 3.8) is 0 Å². The summed E-state index contributed by atoms with van der Waals surface area (Å²) in [6.07, 6.45) is 2.48. The zero-order valence-electron chi connectivity index (χ0n) is 10.8. The molecule has 0 spiro atoms. The lowest BCUT2D eigenvalue weighted by Crippen LogP contribution is -2.34. The van der Waals surface area contributed by atoms with Crippen LogP contribution in [0.3, 0.4) is 0 Å². The predicted octanol–water partition coefficient (Wildman–Crippen LogP) is 1.70. The van der Waals surface area contributed by atoms with Gasteiger partial charge < -0.3 is 4.90 Å². The van der Waals surface area contributed by atoms with Gasteiger partial charge in [-0.2, -0.15) is 4.98 Å². The number of nitrogens with two attached hydrogens (primary N) is 1. The molecule has 17 heavy (non-hydrogen) atoms. The number of nitrogens with one attached hydrogen (secondary N) is 1. The normalized spacial score (nSPS) is 20.1. The second kappa shape index (κ2) is 4.87. The fourth-order valence-electron chi connectivity index (χ4n) is 2.53. The second-order valence-corrected chi connectivity index (χ2v) is 4.98. The summed E-state index contributed by atoms with van der Waals surface area (Å²) in [4.78, 5) is 11.0. The van der Waals surface area contributed by atoms with Gasteiger partial charge in [0.05, 0.1) is 0 Å². The van der Waals surface area contributed by atoms with Crippen LogP contribution in [0.5, 0.6) is 0 Å². The molecule has 3 N–H and O–H groups in total. The van der Waals surface area contributed by atoms with E-state index in [2.05, 4.69) is 34.1 Å². The summed E-state index contributed by atoms with van der Waals surface area (Å²) >= 11 is 0. The van der Waals surface area contributed by atoms with E-state index in [1.807, 2.05) is 13.0 Å². The molecule has 1 aliphatic rings. The Balaban J connectivity index is 2.29. The molecule has 94 valence electrons. The maximum atomic E-state index is 5.39. The lowest BCUT2D eigenvalue weighted by atomic mass is 10.0. The summed E-state index contributed by atoms with van der Waals surface area (Å²) in [7, 11) is 0. The Hall–Kier alpha value is -1.36. The molecule has 1 saturated heterocycles. The third-order valence-corrected chi connectivity index (χ3v) is 3.33. The first-order valence-corrected chi connectivity index (χ1v) is 6.20. The van der Waals surface area contributed by atoms with Gasteiger partial charge in [-0.25, -0.2) is 10.8 Å². The molecule has 0 radical (unpaired) electrons. The van der Waals surface area contributed by atoms with Gasteiger partial charge >= 0.3 is 0 Å². The summed E-state index contributed by atoms with van der Waals surface area (Å²) in [5.41, 5.74) is 3.47. The molecular weight excluding hydrogens is 214 g/mol. The first-order chi connectivity index (χ1) is 8.11. The lowest BCUT2D eigenvalue weighted by molar-refractivity contribution is 0.489. The SMILES string of the molecule is Cc1cc(N2CCCC2C(C)C)nc(NN)n1. The van der Waals surface area contributed by atoms with Crippen LogP contribution in [0.1, 0.15) is 32.4 Å². The molecular formula is C12H21N5. The molecule has 1 aromatic heterocycles. The number of nitrogens with zero attached hydrogens (tertiary/aromatic N) is 3. The van der Waals surface area contributed by atoms with Crippen LogP contribution in [0, 0.1) is 12.8 Å². The van der Waals surface area contributed by atoms with Gasteiger partial charge in [0.1, 0.15) is 5.82 Å². The number of nitrogen functional groups attached to an aromatic ring is 1. The first kappa shape index (κ1) is 12.1. The van der Waals surface area contributed by atoms with Crippen LogP contribution in [-0.2, 0) is 0 Å². The minimum atomic E-state index is 0.495. The summed E-state index contributed by atoms with van der Waals surface area (Å²) in [6, 6.07) is 2.61. The molecule has 2 rings (SSSR count). The molecule has 0 aromatic carbocycles. The van der Waals surface area contributed by atoms with Gasteiger partial charge in [-0.15, -0.1) is 0 Å². The van der Waals surface area contributed by atoms with Gasteiger partial charge in [0.2, 0.25) is 5.95 Å². The molecule has 1 atom stereocenters. The van der Waals surface area contributed by atoms with Gasteiger partial charge in [0.25, 0.3) is 0 Å². The number of aromatic nitrogens is 2. The molecule has 5 heteroatoms. The largest absolute Gasteiger partial charge is 0.353 e. The van der Waals surface area contributed by atoms with E-state index < -0.39 is 0 Å². The summed E-state index contributed by atoms with van der Waals surface area (Å²) in [6.45, 7) is 7.56. The van der Waals surface area contributed by atoms with Crippen LogP contribution < -0.4 is 16.2 Å². The number of aryl methyl sites for hydroxylation is 1. The molecule has 1 aromatic rings. The van der Waals surface area contributed by atoms with Crippen molar-refractivity contribution < 1.29 is 0 Å². The van der Waals surface area contributed by atoms with Gasteiger partial charge in [0.15, 0.2) is 0 Å². The summed E-state index contributed by atoms with van der Waals surface area (Å²) in [5.74, 6) is 7.51. The molecule has 0 bridgehead atoms. The minimum absolute atomic E-state index is 0.495. The summed E-state index contributed by atoms with van der Waals surface area (Å²) in [5, 5.41) is 0. The van der Waals surface area contributed by atoms with Crippen LogP contribution in [0.4, 0.5) is 11.8 Å². The average Bonchev–Trinajstić information content (AvgIpc) is 2.77. The highest BCUT2D eigenvalue weighted by Gasteiger charge is 2.28. The molecule has 0 saturated carbocycles. The highest BCUT2D eigenvalue weighted by atomic mass is 15.3. The molecule has 1 aliphatic heterocycles. The number of hydrogen-bond donors (Lipinski definition) is 2. The number of anilines is 2. The van der Waals surface area contributed by atoms with E-state index in [1.165, 1.54) is 12.8 Å². The highest BCUT2D eigenvalue weighted by molar-refractivity contribution is 5.46. The molecule has 1 fully saturated rings. The fraction of sp³-hybridized carbons (Fsp3) is 0.667. The van der Waals surface area contributed by atoms with Crippen molar-refractivity contribution in [3.8, 4) is 0 Å². The van der Waals surface area contributed by atoms with E-state index in [1.54, 1.807) is 0 Å². The van der Waals surface area contributed by atoms with Crippen LogP contribution in [0.25, 0.3) is 0 Å². The monoisotopic (exact) mass is 235 g/mol. The number of rotatable bonds is 3. The van der Waals surface area contributed by atoms with E-state index in [4.69, 9.17) is 5.84 Å². The van der Waals surface area contributed by atoms with Crippen molar-refractivity contribution in [2.75, 3.05) is 16.9 Å². The molecule has 5 nitrogen and oxygen atoms in total. The van der Waals surface area contributed by atoms with E-state index in [0.717, 1.165) is 18.1 Å². The van der Waals surface area contributed by atoms with Crippen LogP contribution in [0.2, 0.25) is 0 Å². The van der Waals surface area contributed by atoms with Crippen molar-refractivity contribution in [2.24, 2.45) is 11.8 Å². The van der Waals surface area contributed by atoms with Gasteiger partial charge in [-0.3, -0.25) is 5.43 Å². The molecule has 0 amide bonds. The maximum absolute atomic E-state index is 5.39. The molecule has 1 unspecified atom stereocenters. The molecule has 2 heterocycles. The Kier molecular flexibility index (Phi) is 3.47. The Morgan fingerprint density at radius 3 is 2.88 bits per heavy atom. The zero-order valence-corrected chi connectivity index (χ0v) is 10.8. The van der Waals surface area contributed by atoms with Crippen molar-refractivity contribution >= 4 is 11.8 Å². The number of hydrogen-bond acceptors (Lipinski definition) is 5. The Morgan fingerprint density at radius 1 is 1.47 bits per heavy atom. The fourth-order valence-corrected chi connectivity index (χ4v) is 2.53. The predicted molar refractivity (Wildman–Crippen MR) is 69.8 cm³/mol. The lowest BCUT2D eigenvalue weighted by Gasteiger charge is -2.29. The Bertz CT molecular complexity index is 390. The smallest absolute Gasteiger partial charge is 0.239 e. The quantitative estimate of drug-likeness (QED) is 0.616. The van der Waals surface area contributed by atoms with E-state index in [0.29, 0.717) is 17.9 Å². The highest BCUT2D eigenvalue weighted by Crippen LogP contribution is 2.29. The van der Waals surface area contributed by atoms with Gasteiger partial charge in [0, 0.05) is 24.3 Å². The van der Waals surface area contributed by atoms with Crippen molar-refractivity contribution in [1.82, 2.24) is 9.97 Å². The standard InChI is InChI=1S/C12H21N5/c1-8(2)10-5-4-6-17(10)11-7-9(3)14-12(15-11)16-13/h7-8,10H,4-6,13H2,1-3H3,(H,14,15,16). The van der Waals surface area contributed by atoms with Crippen LogP contribution in [-0.4, -0.2) is 22.6 Å². The topological polar surface area (TPSA) is 67.1 Å². The van der Waals surface area contributed by atoms with Crippen LogP contribution >= 0.6 is 0 Å². The van der Waals surface area contributed by atoms with Crippen molar-refractivity contribution in [2.45, 2.75) is 39.7 Å². The minimum Gasteiger partial charge on any atom is -0.353 e. The van der Waals surface area contributed by atoms with E-state index >= 15 is 0 Å². The first-order valence-electron chi connectivity index (χ1n) is 6.20.